The number of allylic oxidation sites excluding steroid dienone is 1. The fourth-order valence-corrected chi connectivity index (χ4v) is 5.04. The number of benzene rings is 2. The smallest absolute Gasteiger partial charge is 0.272 e. The Labute approximate surface area is 224 Å². The third kappa shape index (κ3) is 5.34. The first-order valence-corrected chi connectivity index (χ1v) is 12.8. The van der Waals surface area contributed by atoms with E-state index in [0.29, 0.717) is 33.0 Å². The van der Waals surface area contributed by atoms with Crippen molar-refractivity contribution >= 4 is 52.4 Å². The van der Waals surface area contributed by atoms with Crippen LogP contribution in [0.25, 0.3) is 17.3 Å². The van der Waals surface area contributed by atoms with E-state index in [0.717, 1.165) is 53.6 Å². The monoisotopic (exact) mass is 536 g/mol. The molecule has 5 nitrogen and oxygen atoms in total. The lowest BCUT2D eigenvalue weighted by atomic mass is 10.0. The van der Waals surface area contributed by atoms with Crippen LogP contribution in [0.15, 0.2) is 67.0 Å². The zero-order valence-electron chi connectivity index (χ0n) is 19.3. The van der Waals surface area contributed by atoms with Crippen molar-refractivity contribution in [2.75, 3.05) is 0 Å². The molecule has 0 unspecified atom stereocenters. The van der Waals surface area contributed by atoms with Crippen molar-refractivity contribution in [3.63, 3.8) is 0 Å². The number of pyridine rings is 1. The van der Waals surface area contributed by atoms with E-state index in [1.165, 1.54) is 0 Å². The average Bonchev–Trinajstić information content (AvgIpc) is 3.13. The molecule has 0 bridgehead atoms. The number of halogens is 3. The van der Waals surface area contributed by atoms with Crippen LogP contribution in [-0.4, -0.2) is 20.7 Å². The summed E-state index contributed by atoms with van der Waals surface area (Å²) in [5, 5.41) is 9.52. The Bertz CT molecular complexity index is 1430. The van der Waals surface area contributed by atoms with Crippen LogP contribution in [0.3, 0.4) is 0 Å². The normalized spacial score (nSPS) is 14.4. The average molecular weight is 538 g/mol. The second-order valence-electron chi connectivity index (χ2n) is 8.65. The number of carbonyl (C=O) groups is 1. The maximum absolute atomic E-state index is 13.4. The van der Waals surface area contributed by atoms with Crippen molar-refractivity contribution in [3.8, 4) is 5.69 Å². The second kappa shape index (κ2) is 10.9. The number of amides is 1. The highest BCUT2D eigenvalue weighted by Gasteiger charge is 2.28. The molecule has 4 aromatic rings. The predicted molar refractivity (Wildman–Crippen MR) is 146 cm³/mol. The molecule has 0 saturated carbocycles. The predicted octanol–water partition coefficient (Wildman–Crippen LogP) is 7.42. The molecule has 2 aromatic heterocycles. The highest BCUT2D eigenvalue weighted by molar-refractivity contribution is 6.35. The molecule has 1 aliphatic carbocycles. The van der Waals surface area contributed by atoms with Gasteiger partial charge in [-0.3, -0.25) is 9.78 Å². The Balaban J connectivity index is 1.62. The first-order valence-electron chi connectivity index (χ1n) is 11.7. The molecule has 0 spiro atoms. The van der Waals surface area contributed by atoms with E-state index in [4.69, 9.17) is 39.9 Å². The van der Waals surface area contributed by atoms with Gasteiger partial charge in [0.15, 0.2) is 5.69 Å². The van der Waals surface area contributed by atoms with Crippen molar-refractivity contribution < 1.29 is 4.79 Å². The molecule has 2 aromatic carbocycles. The van der Waals surface area contributed by atoms with Gasteiger partial charge in [-0.25, -0.2) is 4.68 Å². The van der Waals surface area contributed by atoms with Gasteiger partial charge in [-0.15, -0.1) is 0 Å². The van der Waals surface area contributed by atoms with Gasteiger partial charge in [-0.2, -0.15) is 5.10 Å². The minimum absolute atomic E-state index is 0.223. The minimum atomic E-state index is -0.223. The molecule has 0 radical (unpaired) electrons. The van der Waals surface area contributed by atoms with E-state index in [2.05, 4.69) is 16.4 Å². The topological polar surface area (TPSA) is 59.8 Å². The summed E-state index contributed by atoms with van der Waals surface area (Å²) in [5.41, 5.74) is 6.00. The van der Waals surface area contributed by atoms with Gasteiger partial charge in [-0.1, -0.05) is 46.9 Å². The highest BCUT2D eigenvalue weighted by atomic mass is 35.5. The van der Waals surface area contributed by atoms with Crippen LogP contribution in [0.4, 0.5) is 0 Å². The lowest BCUT2D eigenvalue weighted by Gasteiger charge is -2.13. The Morgan fingerprint density at radius 1 is 0.944 bits per heavy atom. The Hall–Kier alpha value is -3.12. The third-order valence-electron chi connectivity index (χ3n) is 6.18. The number of nitrogens with zero attached hydrogens (tertiary/aromatic N) is 3. The summed E-state index contributed by atoms with van der Waals surface area (Å²) in [6.45, 7) is 0.387. The highest BCUT2D eigenvalue weighted by Crippen LogP contribution is 2.37. The lowest BCUT2D eigenvalue weighted by molar-refractivity contribution is 0.0944. The van der Waals surface area contributed by atoms with E-state index in [9.17, 15) is 4.79 Å². The zero-order valence-corrected chi connectivity index (χ0v) is 21.6. The van der Waals surface area contributed by atoms with Crippen molar-refractivity contribution in [2.24, 2.45) is 0 Å². The van der Waals surface area contributed by atoms with Crippen LogP contribution < -0.4 is 5.32 Å². The summed E-state index contributed by atoms with van der Waals surface area (Å²) in [4.78, 5) is 17.4. The van der Waals surface area contributed by atoms with E-state index in [-0.39, 0.29) is 5.91 Å². The number of rotatable bonds is 5. The first-order chi connectivity index (χ1) is 17.5. The largest absolute Gasteiger partial charge is 0.347 e. The maximum atomic E-state index is 13.4. The summed E-state index contributed by atoms with van der Waals surface area (Å²) >= 11 is 18.9. The van der Waals surface area contributed by atoms with E-state index >= 15 is 0 Å². The lowest BCUT2D eigenvalue weighted by Crippen LogP contribution is -2.24. The fourth-order valence-electron chi connectivity index (χ4n) is 4.43. The van der Waals surface area contributed by atoms with Crippen LogP contribution >= 0.6 is 34.8 Å². The zero-order chi connectivity index (χ0) is 25.1. The summed E-state index contributed by atoms with van der Waals surface area (Å²) in [6, 6.07) is 16.8. The number of hydrogen-bond donors (Lipinski definition) is 1. The standard InChI is InChI=1S/C28H23Cl3N4O/c29-21-7-5-18(6-8-21)15-20-3-1-2-4-23-26(28(36)33-17-19-11-13-32-14-12-19)34-35(27(20)23)25-10-9-22(30)16-24(25)31/h5-16H,1-4,17H2,(H,33,36). The molecule has 182 valence electrons. The Morgan fingerprint density at radius 2 is 1.67 bits per heavy atom. The van der Waals surface area contributed by atoms with Gasteiger partial charge >= 0.3 is 0 Å². The first kappa shape index (κ1) is 24.6. The van der Waals surface area contributed by atoms with Gasteiger partial charge < -0.3 is 5.32 Å². The molecular weight excluding hydrogens is 515 g/mol. The quantitative estimate of drug-likeness (QED) is 0.269. The Morgan fingerprint density at radius 3 is 2.42 bits per heavy atom. The van der Waals surface area contributed by atoms with Gasteiger partial charge in [0.2, 0.25) is 0 Å². The molecule has 1 amide bonds. The molecule has 1 N–H and O–H groups in total. The van der Waals surface area contributed by atoms with E-state index in [1.807, 2.05) is 42.5 Å². The third-order valence-corrected chi connectivity index (χ3v) is 6.97. The number of nitrogens with one attached hydrogen (secondary N) is 1. The van der Waals surface area contributed by atoms with Gasteiger partial charge in [0.25, 0.3) is 5.91 Å². The fraction of sp³-hybridized carbons (Fsp3) is 0.179. The minimum Gasteiger partial charge on any atom is -0.347 e. The van der Waals surface area contributed by atoms with Crippen LogP contribution in [0, 0.1) is 0 Å². The van der Waals surface area contributed by atoms with Gasteiger partial charge in [0.1, 0.15) is 0 Å². The molecule has 0 saturated heterocycles. The maximum Gasteiger partial charge on any atom is 0.272 e. The van der Waals surface area contributed by atoms with Crippen LogP contribution in [0.1, 0.15) is 52.1 Å². The molecule has 2 heterocycles. The molecule has 0 aliphatic heterocycles. The molecule has 36 heavy (non-hydrogen) atoms. The summed E-state index contributed by atoms with van der Waals surface area (Å²) in [6.07, 6.45) is 9.11. The van der Waals surface area contributed by atoms with E-state index in [1.54, 1.807) is 29.2 Å². The van der Waals surface area contributed by atoms with Crippen molar-refractivity contribution in [1.82, 2.24) is 20.1 Å². The number of fused-ring (bicyclic) bond motifs is 1. The number of aromatic nitrogens is 3. The van der Waals surface area contributed by atoms with E-state index < -0.39 is 0 Å². The molecule has 0 atom stereocenters. The molecule has 8 heteroatoms. The number of hydrogen-bond acceptors (Lipinski definition) is 3. The van der Waals surface area contributed by atoms with Gasteiger partial charge in [0, 0.05) is 34.5 Å². The number of carbonyl (C=O) groups excluding carboxylic acids is 1. The second-order valence-corrected chi connectivity index (χ2v) is 9.93. The molecule has 5 rings (SSSR count). The summed E-state index contributed by atoms with van der Waals surface area (Å²) in [5.74, 6) is -0.223. The van der Waals surface area contributed by atoms with Crippen molar-refractivity contribution in [2.45, 2.75) is 32.2 Å². The Kier molecular flexibility index (Phi) is 7.42. The summed E-state index contributed by atoms with van der Waals surface area (Å²) < 4.78 is 1.79. The summed E-state index contributed by atoms with van der Waals surface area (Å²) in [7, 11) is 0. The van der Waals surface area contributed by atoms with Gasteiger partial charge in [-0.05, 0) is 90.9 Å². The van der Waals surface area contributed by atoms with Crippen molar-refractivity contribution in [3.05, 3.63) is 110 Å². The van der Waals surface area contributed by atoms with Crippen LogP contribution in [-0.2, 0) is 13.0 Å². The molecule has 1 aliphatic rings. The van der Waals surface area contributed by atoms with Crippen LogP contribution in [0.2, 0.25) is 15.1 Å². The van der Waals surface area contributed by atoms with Crippen LogP contribution in [0.5, 0.6) is 0 Å². The molecular formula is C28H23Cl3N4O. The van der Waals surface area contributed by atoms with Crippen molar-refractivity contribution in [1.29, 1.82) is 0 Å². The SMILES string of the molecule is O=C(NCc1ccncc1)c1nn(-c2ccc(Cl)cc2Cl)c2c1CCCCC2=Cc1ccc(Cl)cc1. The van der Waals surface area contributed by atoms with Gasteiger partial charge in [0.05, 0.1) is 16.4 Å². The molecule has 0 fully saturated rings.